The highest BCUT2D eigenvalue weighted by Crippen LogP contribution is 2.41. The zero-order chi connectivity index (χ0) is 21.8. The lowest BCUT2D eigenvalue weighted by atomic mass is 9.97. The average molecular weight is 415 g/mol. The van der Waals surface area contributed by atoms with E-state index < -0.39 is 0 Å². The molecule has 2 aromatic carbocycles. The van der Waals surface area contributed by atoms with Crippen molar-refractivity contribution in [2.24, 2.45) is 0 Å². The second-order valence-corrected chi connectivity index (χ2v) is 7.06. The van der Waals surface area contributed by atoms with E-state index in [1.54, 1.807) is 12.4 Å². The van der Waals surface area contributed by atoms with Crippen LogP contribution in [0.15, 0.2) is 54.9 Å². The van der Waals surface area contributed by atoms with Crippen molar-refractivity contribution in [1.82, 2.24) is 15.0 Å². The topological polar surface area (TPSA) is 109 Å². The zero-order valence-electron chi connectivity index (χ0n) is 17.6. The van der Waals surface area contributed by atoms with E-state index in [9.17, 15) is 0 Å². The lowest BCUT2D eigenvalue weighted by Crippen LogP contribution is -2.05. The molecule has 0 saturated carbocycles. The van der Waals surface area contributed by atoms with Crippen LogP contribution in [-0.4, -0.2) is 28.2 Å². The molecule has 0 aliphatic carbocycles. The molecule has 0 unspecified atom stereocenters. The fourth-order valence-electron chi connectivity index (χ4n) is 3.59. The van der Waals surface area contributed by atoms with Crippen LogP contribution in [0.5, 0.6) is 11.5 Å². The number of anilines is 2. The molecule has 0 fully saturated rings. The fourth-order valence-corrected chi connectivity index (χ4v) is 3.59. The molecule has 7 heteroatoms. The minimum Gasteiger partial charge on any atom is -0.493 e. The Hall–Kier alpha value is -3.87. The normalized spacial score (nSPS) is 10.9. The smallest absolute Gasteiger partial charge is 0.221 e. The Morgan fingerprint density at radius 2 is 1.65 bits per heavy atom. The Morgan fingerprint density at radius 1 is 0.903 bits per heavy atom. The van der Waals surface area contributed by atoms with Gasteiger partial charge in [0.2, 0.25) is 5.95 Å². The van der Waals surface area contributed by atoms with Gasteiger partial charge in [-0.2, -0.15) is 4.98 Å². The summed E-state index contributed by atoms with van der Waals surface area (Å²) in [4.78, 5) is 12.5. The van der Waals surface area contributed by atoms with Crippen molar-refractivity contribution in [3.05, 3.63) is 66.0 Å². The van der Waals surface area contributed by atoms with Gasteiger partial charge in [0.1, 0.15) is 17.3 Å². The largest absolute Gasteiger partial charge is 0.493 e. The van der Waals surface area contributed by atoms with Gasteiger partial charge in [-0.1, -0.05) is 12.1 Å². The van der Waals surface area contributed by atoms with Crippen LogP contribution in [0.3, 0.4) is 0 Å². The Kier molecular flexibility index (Phi) is 5.84. The summed E-state index contributed by atoms with van der Waals surface area (Å²) < 4.78 is 12.1. The van der Waals surface area contributed by atoms with Crippen LogP contribution in [0.2, 0.25) is 0 Å². The van der Waals surface area contributed by atoms with E-state index in [0.29, 0.717) is 25.5 Å². The molecule has 0 spiro atoms. The number of pyridine rings is 1. The Balaban J connectivity index is 1.83. The van der Waals surface area contributed by atoms with Crippen LogP contribution in [0.4, 0.5) is 11.8 Å². The molecule has 0 atom stereocenters. The molecule has 0 bridgehead atoms. The zero-order valence-corrected chi connectivity index (χ0v) is 17.6. The van der Waals surface area contributed by atoms with Gasteiger partial charge in [0.05, 0.1) is 24.3 Å². The van der Waals surface area contributed by atoms with Crippen LogP contribution >= 0.6 is 0 Å². The van der Waals surface area contributed by atoms with Gasteiger partial charge in [-0.3, -0.25) is 4.98 Å². The fraction of sp³-hybridized carbons (Fsp3) is 0.208. The summed E-state index contributed by atoms with van der Waals surface area (Å²) >= 11 is 0. The molecule has 4 N–H and O–H groups in total. The molecule has 31 heavy (non-hydrogen) atoms. The highest BCUT2D eigenvalue weighted by Gasteiger charge is 2.17. The molecule has 0 saturated heterocycles. The number of nitrogen functional groups attached to an aromatic ring is 2. The van der Waals surface area contributed by atoms with Crippen LogP contribution in [0.1, 0.15) is 25.0 Å². The quantitative estimate of drug-likeness (QED) is 0.464. The molecular weight excluding hydrogens is 390 g/mol. The van der Waals surface area contributed by atoms with E-state index in [-0.39, 0.29) is 5.95 Å². The van der Waals surface area contributed by atoms with Crippen molar-refractivity contribution in [2.75, 3.05) is 24.7 Å². The predicted octanol–water partition coefficient (Wildman–Crippen LogP) is 4.24. The Labute approximate surface area is 181 Å². The van der Waals surface area contributed by atoms with Gasteiger partial charge in [-0.15, -0.1) is 0 Å². The summed E-state index contributed by atoms with van der Waals surface area (Å²) in [5.74, 6) is 2.03. The van der Waals surface area contributed by atoms with Gasteiger partial charge in [0.25, 0.3) is 0 Å². The number of aromatic nitrogens is 3. The lowest BCUT2D eigenvalue weighted by Gasteiger charge is -2.18. The van der Waals surface area contributed by atoms with E-state index in [2.05, 4.69) is 21.0 Å². The third-order valence-electron chi connectivity index (χ3n) is 4.93. The highest BCUT2D eigenvalue weighted by atomic mass is 16.5. The molecule has 158 valence electrons. The summed E-state index contributed by atoms with van der Waals surface area (Å²) in [6.07, 6.45) is 3.98. The van der Waals surface area contributed by atoms with Gasteiger partial charge >= 0.3 is 0 Å². The summed E-state index contributed by atoms with van der Waals surface area (Å²) in [6.45, 7) is 4.99. The number of nitrogens with zero attached hydrogens (tertiary/aromatic N) is 3. The molecule has 0 aliphatic rings. The van der Waals surface area contributed by atoms with E-state index in [0.717, 1.165) is 44.7 Å². The van der Waals surface area contributed by atoms with E-state index in [1.165, 1.54) is 0 Å². The van der Waals surface area contributed by atoms with Crippen LogP contribution < -0.4 is 20.9 Å². The molecule has 2 heterocycles. The van der Waals surface area contributed by atoms with Crippen LogP contribution in [0.25, 0.3) is 22.0 Å². The van der Waals surface area contributed by atoms with Gasteiger partial charge < -0.3 is 20.9 Å². The first kappa shape index (κ1) is 20.4. The van der Waals surface area contributed by atoms with Crippen LogP contribution in [0, 0.1) is 0 Å². The molecule has 2 aromatic heterocycles. The third kappa shape index (κ3) is 4.35. The van der Waals surface area contributed by atoms with Gasteiger partial charge in [0, 0.05) is 29.8 Å². The van der Waals surface area contributed by atoms with Crippen molar-refractivity contribution in [3.8, 4) is 22.6 Å². The third-order valence-corrected chi connectivity index (χ3v) is 4.93. The van der Waals surface area contributed by atoms with E-state index >= 15 is 0 Å². The predicted molar refractivity (Wildman–Crippen MR) is 123 cm³/mol. The standard InChI is InChI=1S/C24H25N5O2/c1-3-30-20-11-15(10-18-14-28-24(26)29-23(18)25)12-21(31-4-2)22(20)17-7-8-19-16(13-17)6-5-9-27-19/h5-9,11-14H,3-4,10H2,1-2H3,(H4,25,26,28,29). The first-order valence-corrected chi connectivity index (χ1v) is 10.2. The van der Waals surface area contributed by atoms with Gasteiger partial charge in [-0.25, -0.2) is 4.98 Å². The first-order valence-electron chi connectivity index (χ1n) is 10.2. The minimum atomic E-state index is 0.160. The van der Waals surface area contributed by atoms with Crippen molar-refractivity contribution >= 4 is 22.7 Å². The van der Waals surface area contributed by atoms with E-state index in [1.807, 2.05) is 50.2 Å². The Morgan fingerprint density at radius 3 is 2.32 bits per heavy atom. The maximum atomic E-state index is 6.04. The summed E-state index contributed by atoms with van der Waals surface area (Å²) in [7, 11) is 0. The maximum Gasteiger partial charge on any atom is 0.221 e. The molecule has 4 aromatic rings. The van der Waals surface area contributed by atoms with Crippen LogP contribution in [-0.2, 0) is 6.42 Å². The monoisotopic (exact) mass is 415 g/mol. The van der Waals surface area contributed by atoms with Crippen molar-refractivity contribution < 1.29 is 9.47 Å². The number of rotatable bonds is 7. The number of nitrogens with two attached hydrogens (primary N) is 2. The van der Waals surface area contributed by atoms with Crippen molar-refractivity contribution in [1.29, 1.82) is 0 Å². The minimum absolute atomic E-state index is 0.160. The molecule has 4 rings (SSSR count). The summed E-state index contributed by atoms with van der Waals surface area (Å²) in [5, 5.41) is 1.06. The van der Waals surface area contributed by atoms with E-state index in [4.69, 9.17) is 20.9 Å². The highest BCUT2D eigenvalue weighted by molar-refractivity contribution is 5.87. The number of ether oxygens (including phenoxy) is 2. The molecule has 0 radical (unpaired) electrons. The van der Waals surface area contributed by atoms with Gasteiger partial charge in [0.15, 0.2) is 0 Å². The number of fused-ring (bicyclic) bond motifs is 1. The lowest BCUT2D eigenvalue weighted by molar-refractivity contribution is 0.325. The maximum absolute atomic E-state index is 6.04. The number of hydrogen-bond donors (Lipinski definition) is 2. The number of hydrogen-bond acceptors (Lipinski definition) is 7. The average Bonchev–Trinajstić information content (AvgIpc) is 2.76. The second-order valence-electron chi connectivity index (χ2n) is 7.06. The summed E-state index contributed by atoms with van der Waals surface area (Å²) in [6, 6.07) is 14.2. The van der Waals surface area contributed by atoms with Crippen molar-refractivity contribution in [2.45, 2.75) is 20.3 Å². The molecule has 7 nitrogen and oxygen atoms in total. The SMILES string of the molecule is CCOc1cc(Cc2cnc(N)nc2N)cc(OCC)c1-c1ccc2ncccc2c1. The second kappa shape index (κ2) is 8.87. The Bertz CT molecular complexity index is 1200. The molecule has 0 aliphatic heterocycles. The number of benzene rings is 2. The first-order chi connectivity index (χ1) is 15.1. The summed E-state index contributed by atoms with van der Waals surface area (Å²) in [5.41, 5.74) is 16.3. The molecule has 0 amide bonds. The van der Waals surface area contributed by atoms with Crippen molar-refractivity contribution in [3.63, 3.8) is 0 Å². The van der Waals surface area contributed by atoms with Gasteiger partial charge in [-0.05, 0) is 55.3 Å². The molecular formula is C24H25N5O2.